The van der Waals surface area contributed by atoms with Crippen molar-refractivity contribution in [1.29, 1.82) is 0 Å². The highest BCUT2D eigenvalue weighted by molar-refractivity contribution is 9.12. The topological polar surface area (TPSA) is 46.6 Å². The molecule has 4 rings (SSSR count). The lowest BCUT2D eigenvalue weighted by Crippen LogP contribution is -2.38. The van der Waals surface area contributed by atoms with Crippen LogP contribution >= 0.6 is 31.9 Å². The smallest absolute Gasteiger partial charge is 0.233 e. The van der Waals surface area contributed by atoms with Crippen molar-refractivity contribution in [1.82, 2.24) is 4.90 Å². The first-order chi connectivity index (χ1) is 9.59. The molecule has 2 aliphatic heterocycles. The maximum Gasteiger partial charge on any atom is 0.233 e. The third-order valence-corrected chi connectivity index (χ3v) is 8.70. The van der Waals surface area contributed by atoms with E-state index in [1.54, 1.807) is 0 Å². The summed E-state index contributed by atoms with van der Waals surface area (Å²) in [5.41, 5.74) is 0. The molecule has 110 valence electrons. The van der Waals surface area contributed by atoms with Gasteiger partial charge in [-0.1, -0.05) is 31.9 Å². The third kappa shape index (κ3) is 1.73. The van der Waals surface area contributed by atoms with Crippen molar-refractivity contribution in [3.8, 4) is 0 Å². The summed E-state index contributed by atoms with van der Waals surface area (Å²) >= 11 is 7.40. The molecule has 0 aromatic carbocycles. The van der Waals surface area contributed by atoms with E-state index in [2.05, 4.69) is 31.9 Å². The molecule has 0 aromatic heterocycles. The first-order valence-electron chi connectivity index (χ1n) is 7.34. The summed E-state index contributed by atoms with van der Waals surface area (Å²) < 4.78 is 5.58. The maximum absolute atomic E-state index is 12.6. The first kappa shape index (κ1) is 13.7. The number of carbonyl (C=O) groups excluding carboxylic acids is 2. The normalized spacial score (nSPS) is 50.3. The molecule has 2 saturated heterocycles. The molecule has 2 saturated carbocycles. The van der Waals surface area contributed by atoms with Crippen LogP contribution in [0.4, 0.5) is 0 Å². The molecular weight excluding hydrogens is 390 g/mol. The van der Waals surface area contributed by atoms with Gasteiger partial charge in [0.15, 0.2) is 0 Å². The van der Waals surface area contributed by atoms with E-state index >= 15 is 0 Å². The lowest BCUT2D eigenvalue weighted by Gasteiger charge is -2.28. The van der Waals surface area contributed by atoms with Gasteiger partial charge in [-0.05, 0) is 31.1 Å². The fourth-order valence-electron chi connectivity index (χ4n) is 4.58. The molecule has 0 radical (unpaired) electrons. The molecule has 2 heterocycles. The monoisotopic (exact) mass is 405 g/mol. The zero-order valence-electron chi connectivity index (χ0n) is 11.0. The number of alkyl halides is 2. The molecule has 20 heavy (non-hydrogen) atoms. The van der Waals surface area contributed by atoms with E-state index in [4.69, 9.17) is 4.74 Å². The third-order valence-electron chi connectivity index (χ3n) is 5.49. The second kappa shape index (κ2) is 4.78. The number of hydrogen-bond donors (Lipinski definition) is 0. The van der Waals surface area contributed by atoms with Crippen LogP contribution in [0.1, 0.15) is 19.3 Å². The van der Waals surface area contributed by atoms with Crippen LogP contribution < -0.4 is 0 Å². The molecular formula is C14H17Br2NO3. The van der Waals surface area contributed by atoms with Gasteiger partial charge in [0.25, 0.3) is 0 Å². The summed E-state index contributed by atoms with van der Waals surface area (Å²) in [6, 6.07) is 0. The van der Waals surface area contributed by atoms with E-state index in [1.165, 1.54) is 4.90 Å². The second-order valence-electron chi connectivity index (χ2n) is 6.43. The van der Waals surface area contributed by atoms with Gasteiger partial charge in [-0.2, -0.15) is 0 Å². The number of halogens is 2. The molecule has 2 bridgehead atoms. The Morgan fingerprint density at radius 1 is 1.10 bits per heavy atom. The van der Waals surface area contributed by atoms with Gasteiger partial charge in [0.1, 0.15) is 0 Å². The second-order valence-corrected chi connectivity index (χ2v) is 8.54. The van der Waals surface area contributed by atoms with Crippen LogP contribution in [0.25, 0.3) is 0 Å². The zero-order chi connectivity index (χ0) is 14.0. The van der Waals surface area contributed by atoms with E-state index in [-0.39, 0.29) is 29.8 Å². The van der Waals surface area contributed by atoms with Crippen molar-refractivity contribution in [3.63, 3.8) is 0 Å². The van der Waals surface area contributed by atoms with Crippen molar-refractivity contribution in [2.24, 2.45) is 23.7 Å². The Hall–Kier alpha value is 0.0600. The minimum atomic E-state index is -0.0907. The quantitative estimate of drug-likeness (QED) is 0.520. The summed E-state index contributed by atoms with van der Waals surface area (Å²) in [6.45, 7) is 1.22. The van der Waals surface area contributed by atoms with Crippen LogP contribution in [0, 0.1) is 23.7 Å². The number of hydrogen-bond acceptors (Lipinski definition) is 3. The minimum absolute atomic E-state index is 0.0480. The van der Waals surface area contributed by atoms with Crippen LogP contribution in [0.3, 0.4) is 0 Å². The Bertz CT molecular complexity index is 433. The fraction of sp³-hybridized carbons (Fsp3) is 0.857. The van der Waals surface area contributed by atoms with Crippen LogP contribution in [0.2, 0.25) is 0 Å². The number of likely N-dealkylation sites (tertiary alicyclic amines) is 1. The maximum atomic E-state index is 12.6. The van der Waals surface area contributed by atoms with Gasteiger partial charge in [0, 0.05) is 16.3 Å². The van der Waals surface area contributed by atoms with Crippen molar-refractivity contribution in [2.45, 2.75) is 35.0 Å². The standard InChI is InChI=1S/C14H17Br2NO3/c15-11-7-4-8(12(11)16)10-9(7)13(18)17(14(10)19)5-6-2-1-3-20-6/h6-12H,1-5H2/t6-,7+,8+,9-,10+,11+,12+/m0/s1. The van der Waals surface area contributed by atoms with Crippen molar-refractivity contribution < 1.29 is 14.3 Å². The van der Waals surface area contributed by atoms with Gasteiger partial charge in [-0.3, -0.25) is 14.5 Å². The van der Waals surface area contributed by atoms with Crippen molar-refractivity contribution in [3.05, 3.63) is 0 Å². The summed E-state index contributed by atoms with van der Waals surface area (Å²) in [6.07, 6.45) is 3.04. The largest absolute Gasteiger partial charge is 0.376 e. The number of imide groups is 1. The molecule has 7 atom stereocenters. The highest BCUT2D eigenvalue weighted by atomic mass is 79.9. The van der Waals surface area contributed by atoms with Crippen LogP contribution in [-0.2, 0) is 14.3 Å². The Labute approximate surface area is 134 Å². The van der Waals surface area contributed by atoms with Gasteiger partial charge < -0.3 is 4.74 Å². The fourth-order valence-corrected chi connectivity index (χ4v) is 6.46. The predicted molar refractivity (Wildman–Crippen MR) is 79.7 cm³/mol. The van der Waals surface area contributed by atoms with Crippen molar-refractivity contribution >= 4 is 43.7 Å². The van der Waals surface area contributed by atoms with Gasteiger partial charge in [-0.25, -0.2) is 0 Å². The number of ether oxygens (including phenoxy) is 1. The number of amides is 2. The molecule has 2 aliphatic carbocycles. The molecule has 0 aromatic rings. The van der Waals surface area contributed by atoms with E-state index in [1.807, 2.05) is 0 Å². The summed E-state index contributed by atoms with van der Waals surface area (Å²) in [4.78, 5) is 27.4. The SMILES string of the molecule is O=C1[C@@H]2[C@H]3C[C@@H]([C@@H](Br)[C@@H]3Br)[C@@H]2C(=O)N1C[C@@H]1CCCO1. The Kier molecular flexibility index (Phi) is 3.28. The number of nitrogens with zero attached hydrogens (tertiary/aromatic N) is 1. The minimum Gasteiger partial charge on any atom is -0.376 e. The van der Waals surface area contributed by atoms with Gasteiger partial charge >= 0.3 is 0 Å². The predicted octanol–water partition coefficient (Wildman–Crippen LogP) is 1.94. The molecule has 2 amide bonds. The van der Waals surface area contributed by atoms with Gasteiger partial charge in [-0.15, -0.1) is 0 Å². The first-order valence-corrected chi connectivity index (χ1v) is 9.17. The van der Waals surface area contributed by atoms with Gasteiger partial charge in [0.05, 0.1) is 24.5 Å². The number of rotatable bonds is 2. The Morgan fingerprint density at radius 2 is 1.70 bits per heavy atom. The number of carbonyl (C=O) groups is 2. The van der Waals surface area contributed by atoms with E-state index in [9.17, 15) is 9.59 Å². The molecule has 4 fully saturated rings. The molecule has 0 spiro atoms. The molecule has 4 nitrogen and oxygen atoms in total. The summed E-state index contributed by atoms with van der Waals surface area (Å²) in [5.74, 6) is 0.526. The average Bonchev–Trinajstić information content (AvgIpc) is 3.15. The zero-order valence-corrected chi connectivity index (χ0v) is 14.2. The van der Waals surface area contributed by atoms with Crippen LogP contribution in [-0.4, -0.2) is 45.6 Å². The van der Waals surface area contributed by atoms with E-state index in [0.29, 0.717) is 28.0 Å². The van der Waals surface area contributed by atoms with E-state index < -0.39 is 0 Å². The Balaban J connectivity index is 1.57. The lowest BCUT2D eigenvalue weighted by atomic mass is 9.81. The summed E-state index contributed by atoms with van der Waals surface area (Å²) in [7, 11) is 0. The number of fused-ring (bicyclic) bond motifs is 5. The van der Waals surface area contributed by atoms with E-state index in [0.717, 1.165) is 25.9 Å². The van der Waals surface area contributed by atoms with Crippen LogP contribution in [0.15, 0.2) is 0 Å². The molecule has 0 unspecified atom stereocenters. The molecule has 4 aliphatic rings. The summed E-state index contributed by atoms with van der Waals surface area (Å²) in [5, 5.41) is 0. The van der Waals surface area contributed by atoms with Crippen LogP contribution in [0.5, 0.6) is 0 Å². The Morgan fingerprint density at radius 3 is 2.20 bits per heavy atom. The molecule has 0 N–H and O–H groups in total. The highest BCUT2D eigenvalue weighted by Gasteiger charge is 2.66. The van der Waals surface area contributed by atoms with Gasteiger partial charge in [0.2, 0.25) is 11.8 Å². The lowest BCUT2D eigenvalue weighted by molar-refractivity contribution is -0.142. The average molecular weight is 407 g/mol. The van der Waals surface area contributed by atoms with Crippen molar-refractivity contribution in [2.75, 3.05) is 13.2 Å². The highest BCUT2D eigenvalue weighted by Crippen LogP contribution is 2.60. The molecule has 6 heteroatoms.